The van der Waals surface area contributed by atoms with E-state index in [9.17, 15) is 0 Å². The maximum atomic E-state index is 5.67. The van der Waals surface area contributed by atoms with Gasteiger partial charge in [-0.15, -0.1) is 11.6 Å². The van der Waals surface area contributed by atoms with Crippen LogP contribution in [0.4, 0.5) is 0 Å². The highest BCUT2D eigenvalue weighted by molar-refractivity contribution is 6.19. The first-order chi connectivity index (χ1) is 7.22. The molecule has 3 heteroatoms. The molecule has 0 radical (unpaired) electrons. The first kappa shape index (κ1) is 12.2. The Bertz CT molecular complexity index is 298. The van der Waals surface area contributed by atoms with Crippen LogP contribution in [0.25, 0.3) is 0 Å². The topological polar surface area (TPSA) is 16.1 Å². The first-order valence-corrected chi connectivity index (χ1v) is 5.57. The summed E-state index contributed by atoms with van der Waals surface area (Å²) in [7, 11) is 2.07. The number of hydrogen-bond donors (Lipinski definition) is 0. The number of pyridine rings is 1. The molecule has 0 bridgehead atoms. The largest absolute Gasteiger partial charge is 0.302 e. The molecule has 1 aromatic heterocycles. The molecule has 1 heterocycles. The Labute approximate surface area is 96.6 Å². The summed E-state index contributed by atoms with van der Waals surface area (Å²) < 4.78 is 0. The third kappa shape index (κ3) is 4.96. The van der Waals surface area contributed by atoms with E-state index in [2.05, 4.69) is 23.5 Å². The number of rotatable bonds is 6. The highest BCUT2D eigenvalue weighted by Crippen LogP contribution is 2.00. The van der Waals surface area contributed by atoms with E-state index in [1.807, 2.05) is 24.4 Å². The van der Waals surface area contributed by atoms with Crippen LogP contribution in [0.15, 0.2) is 36.5 Å². The van der Waals surface area contributed by atoms with Gasteiger partial charge >= 0.3 is 0 Å². The molecule has 0 saturated heterocycles. The van der Waals surface area contributed by atoms with Crippen LogP contribution in [0.2, 0.25) is 0 Å². The summed E-state index contributed by atoms with van der Waals surface area (Å²) >= 11 is 5.67. The van der Waals surface area contributed by atoms with Gasteiger partial charge in [0.1, 0.15) is 0 Å². The molecule has 1 rings (SSSR count). The van der Waals surface area contributed by atoms with Crippen molar-refractivity contribution in [2.45, 2.75) is 6.42 Å². The summed E-state index contributed by atoms with van der Waals surface area (Å²) in [6, 6.07) is 5.99. The van der Waals surface area contributed by atoms with Crippen molar-refractivity contribution in [3.05, 3.63) is 42.2 Å². The molecule has 0 amide bonds. The molecule has 0 spiro atoms. The second-order valence-electron chi connectivity index (χ2n) is 3.69. The third-order valence-corrected chi connectivity index (χ3v) is 2.54. The van der Waals surface area contributed by atoms with E-state index in [4.69, 9.17) is 11.6 Å². The average molecular weight is 225 g/mol. The fraction of sp³-hybridized carbons (Fsp3) is 0.417. The van der Waals surface area contributed by atoms with Gasteiger partial charge < -0.3 is 4.90 Å². The standard InChI is InChI=1S/C12H17ClN2/c1-11(9-13)10-15(2)8-6-12-5-3-4-7-14-12/h3-5,7H,1,6,8-10H2,2H3. The van der Waals surface area contributed by atoms with E-state index in [1.54, 1.807) is 0 Å². The smallest absolute Gasteiger partial charge is 0.0443 e. The van der Waals surface area contributed by atoms with E-state index in [-0.39, 0.29) is 0 Å². The van der Waals surface area contributed by atoms with Crippen LogP contribution in [-0.2, 0) is 6.42 Å². The summed E-state index contributed by atoms with van der Waals surface area (Å²) in [5.41, 5.74) is 2.18. The lowest BCUT2D eigenvalue weighted by atomic mass is 10.2. The predicted molar refractivity (Wildman–Crippen MR) is 65.3 cm³/mol. The van der Waals surface area contributed by atoms with Crippen molar-refractivity contribution in [2.24, 2.45) is 0 Å². The molecule has 0 saturated carbocycles. The molecule has 0 aliphatic rings. The van der Waals surface area contributed by atoms with E-state index >= 15 is 0 Å². The van der Waals surface area contributed by atoms with Crippen LogP contribution in [0, 0.1) is 0 Å². The van der Waals surface area contributed by atoms with Crippen molar-refractivity contribution in [1.82, 2.24) is 9.88 Å². The van der Waals surface area contributed by atoms with Gasteiger partial charge in [0.15, 0.2) is 0 Å². The van der Waals surface area contributed by atoms with Crippen LogP contribution in [0.3, 0.4) is 0 Å². The van der Waals surface area contributed by atoms with Crippen LogP contribution in [0.5, 0.6) is 0 Å². The maximum absolute atomic E-state index is 5.67. The summed E-state index contributed by atoms with van der Waals surface area (Å²) in [6.07, 6.45) is 2.79. The molecule has 0 aromatic carbocycles. The Kier molecular flexibility index (Phi) is 5.37. The zero-order chi connectivity index (χ0) is 11.1. The molecule has 82 valence electrons. The van der Waals surface area contributed by atoms with Crippen molar-refractivity contribution >= 4 is 11.6 Å². The Hall–Kier alpha value is -0.860. The summed E-state index contributed by atoms with van der Waals surface area (Å²) in [5, 5.41) is 0. The number of halogens is 1. The lowest BCUT2D eigenvalue weighted by Crippen LogP contribution is -2.24. The molecule has 0 aliphatic carbocycles. The average Bonchev–Trinajstić information content (AvgIpc) is 2.27. The van der Waals surface area contributed by atoms with Gasteiger partial charge in [-0.05, 0) is 24.8 Å². The third-order valence-electron chi connectivity index (χ3n) is 2.16. The zero-order valence-corrected chi connectivity index (χ0v) is 9.87. The zero-order valence-electron chi connectivity index (χ0n) is 9.12. The second kappa shape index (κ2) is 6.59. The van der Waals surface area contributed by atoms with Gasteiger partial charge in [-0.25, -0.2) is 0 Å². The molecule has 2 nitrogen and oxygen atoms in total. The second-order valence-corrected chi connectivity index (χ2v) is 3.96. The van der Waals surface area contributed by atoms with Gasteiger partial charge in [0.05, 0.1) is 0 Å². The molecule has 15 heavy (non-hydrogen) atoms. The Balaban J connectivity index is 2.28. The first-order valence-electron chi connectivity index (χ1n) is 5.03. The highest BCUT2D eigenvalue weighted by Gasteiger charge is 2.01. The van der Waals surface area contributed by atoms with Gasteiger partial charge in [-0.1, -0.05) is 12.6 Å². The number of hydrogen-bond acceptors (Lipinski definition) is 2. The Morgan fingerprint density at radius 2 is 2.33 bits per heavy atom. The van der Waals surface area contributed by atoms with Crippen molar-refractivity contribution < 1.29 is 0 Å². The lowest BCUT2D eigenvalue weighted by molar-refractivity contribution is 0.366. The summed E-state index contributed by atoms with van der Waals surface area (Å²) in [5.74, 6) is 0.536. The number of aromatic nitrogens is 1. The number of alkyl halides is 1. The van der Waals surface area contributed by atoms with Crippen LogP contribution >= 0.6 is 11.6 Å². The summed E-state index contributed by atoms with van der Waals surface area (Å²) in [4.78, 5) is 6.48. The molecule has 0 unspecified atom stereocenters. The van der Waals surface area contributed by atoms with Gasteiger partial charge in [0.2, 0.25) is 0 Å². The van der Waals surface area contributed by atoms with Crippen LogP contribution < -0.4 is 0 Å². The monoisotopic (exact) mass is 224 g/mol. The van der Waals surface area contributed by atoms with E-state index in [0.29, 0.717) is 5.88 Å². The van der Waals surface area contributed by atoms with Gasteiger partial charge in [-0.3, -0.25) is 4.98 Å². The number of nitrogens with zero attached hydrogens (tertiary/aromatic N) is 2. The maximum Gasteiger partial charge on any atom is 0.0443 e. The van der Waals surface area contributed by atoms with Crippen LogP contribution in [-0.4, -0.2) is 35.9 Å². The quantitative estimate of drug-likeness (QED) is 0.545. The lowest BCUT2D eigenvalue weighted by Gasteiger charge is -2.16. The minimum atomic E-state index is 0.536. The molecule has 0 fully saturated rings. The summed E-state index contributed by atoms with van der Waals surface area (Å²) in [6.45, 7) is 5.72. The minimum Gasteiger partial charge on any atom is -0.302 e. The molecular weight excluding hydrogens is 208 g/mol. The SMILES string of the molecule is C=C(CCl)CN(C)CCc1ccccn1. The van der Waals surface area contributed by atoms with E-state index < -0.39 is 0 Å². The molecule has 1 aromatic rings. The van der Waals surface area contributed by atoms with E-state index in [0.717, 1.165) is 30.8 Å². The Morgan fingerprint density at radius 1 is 1.53 bits per heavy atom. The van der Waals surface area contributed by atoms with Crippen molar-refractivity contribution in [3.63, 3.8) is 0 Å². The highest BCUT2D eigenvalue weighted by atomic mass is 35.5. The Morgan fingerprint density at radius 3 is 2.93 bits per heavy atom. The van der Waals surface area contributed by atoms with Gasteiger partial charge in [-0.2, -0.15) is 0 Å². The van der Waals surface area contributed by atoms with E-state index in [1.165, 1.54) is 0 Å². The molecular formula is C12H17ClN2. The van der Waals surface area contributed by atoms with Gasteiger partial charge in [0.25, 0.3) is 0 Å². The minimum absolute atomic E-state index is 0.536. The number of likely N-dealkylation sites (N-methyl/N-ethyl adjacent to an activating group) is 1. The molecule has 0 aliphatic heterocycles. The van der Waals surface area contributed by atoms with Gasteiger partial charge in [0, 0.05) is 37.3 Å². The van der Waals surface area contributed by atoms with Crippen molar-refractivity contribution in [1.29, 1.82) is 0 Å². The van der Waals surface area contributed by atoms with Crippen molar-refractivity contribution in [2.75, 3.05) is 26.0 Å². The van der Waals surface area contributed by atoms with Crippen molar-refractivity contribution in [3.8, 4) is 0 Å². The molecule has 0 N–H and O–H groups in total. The normalized spacial score (nSPS) is 10.6. The molecule has 0 atom stereocenters. The fourth-order valence-electron chi connectivity index (χ4n) is 1.35. The van der Waals surface area contributed by atoms with Crippen LogP contribution in [0.1, 0.15) is 5.69 Å². The predicted octanol–water partition coefficient (Wildman–Crippen LogP) is 2.35. The fourth-order valence-corrected chi connectivity index (χ4v) is 1.44.